The number of hydrogen-bond acceptors (Lipinski definition) is 3. The number of rotatable bonds is 2. The van der Waals surface area contributed by atoms with Crippen LogP contribution in [0.25, 0.3) is 17.0 Å². The van der Waals surface area contributed by atoms with Crippen molar-refractivity contribution in [3.8, 4) is 11.4 Å². The van der Waals surface area contributed by atoms with Crippen LogP contribution in [0.3, 0.4) is 0 Å². The van der Waals surface area contributed by atoms with Crippen LogP contribution in [0.4, 0.5) is 4.39 Å². The van der Waals surface area contributed by atoms with E-state index in [1.165, 1.54) is 22.3 Å². The Morgan fingerprint density at radius 3 is 2.83 bits per heavy atom. The molecule has 1 unspecified atom stereocenters. The van der Waals surface area contributed by atoms with Crippen molar-refractivity contribution < 1.29 is 9.13 Å². The molecule has 2 aromatic rings. The summed E-state index contributed by atoms with van der Waals surface area (Å²) < 4.78 is 21.8. The third-order valence-electron chi connectivity index (χ3n) is 6.96. The maximum atomic E-state index is 14.7. The summed E-state index contributed by atoms with van der Waals surface area (Å²) in [6, 6.07) is 2.08. The number of methoxy groups -OCH3 is 1. The lowest BCUT2D eigenvalue weighted by molar-refractivity contribution is 0.182. The van der Waals surface area contributed by atoms with Crippen molar-refractivity contribution in [1.29, 1.82) is 0 Å². The second-order valence-corrected chi connectivity index (χ2v) is 8.59. The SMILES string of the molecule is COCc1c(C)cc2n(c1=O)CCc1c-2nc2c3c1CCCC3=C(C)C(F)CC2. The first-order valence-electron chi connectivity index (χ1n) is 10.6. The van der Waals surface area contributed by atoms with Crippen molar-refractivity contribution in [3.05, 3.63) is 55.5 Å². The molecule has 0 fully saturated rings. The van der Waals surface area contributed by atoms with Gasteiger partial charge in [-0.05, 0) is 86.3 Å². The minimum absolute atomic E-state index is 0.0261. The van der Waals surface area contributed by atoms with E-state index in [1.54, 1.807) is 7.11 Å². The smallest absolute Gasteiger partial charge is 0.256 e. The molecule has 0 saturated carbocycles. The van der Waals surface area contributed by atoms with Gasteiger partial charge in [0.05, 0.1) is 18.0 Å². The van der Waals surface area contributed by atoms with Crippen molar-refractivity contribution in [2.75, 3.05) is 7.11 Å². The van der Waals surface area contributed by atoms with Gasteiger partial charge in [-0.25, -0.2) is 4.39 Å². The van der Waals surface area contributed by atoms with Crippen LogP contribution in [0, 0.1) is 6.92 Å². The van der Waals surface area contributed by atoms with Gasteiger partial charge >= 0.3 is 0 Å². The lowest BCUT2D eigenvalue weighted by Crippen LogP contribution is -2.31. The zero-order valence-corrected chi connectivity index (χ0v) is 17.4. The number of alkyl halides is 1. The summed E-state index contributed by atoms with van der Waals surface area (Å²) in [4.78, 5) is 18.2. The van der Waals surface area contributed by atoms with Crippen molar-refractivity contribution in [2.45, 2.75) is 71.7 Å². The fraction of sp³-hybridized carbons (Fsp3) is 0.500. The van der Waals surface area contributed by atoms with Gasteiger partial charge in [-0.1, -0.05) is 0 Å². The summed E-state index contributed by atoms with van der Waals surface area (Å²) in [5, 5.41) is 0. The maximum absolute atomic E-state index is 14.7. The summed E-state index contributed by atoms with van der Waals surface area (Å²) in [6.45, 7) is 4.91. The molecular formula is C24H27FN2O2. The van der Waals surface area contributed by atoms with Gasteiger partial charge in [0.2, 0.25) is 0 Å². The van der Waals surface area contributed by atoms with Crippen LogP contribution in [0.15, 0.2) is 16.4 Å². The Kier molecular flexibility index (Phi) is 4.46. The number of allylic oxidation sites excluding steroid dienone is 2. The van der Waals surface area contributed by atoms with Gasteiger partial charge in [0.1, 0.15) is 6.17 Å². The first-order chi connectivity index (χ1) is 14.0. The van der Waals surface area contributed by atoms with E-state index in [0.717, 1.165) is 59.5 Å². The number of hydrogen-bond donors (Lipinski definition) is 0. The van der Waals surface area contributed by atoms with Gasteiger partial charge in [-0.15, -0.1) is 0 Å². The van der Waals surface area contributed by atoms with Crippen molar-refractivity contribution in [2.24, 2.45) is 0 Å². The number of pyridine rings is 2. The minimum Gasteiger partial charge on any atom is -0.380 e. The van der Waals surface area contributed by atoms with Crippen LogP contribution >= 0.6 is 0 Å². The van der Waals surface area contributed by atoms with E-state index in [2.05, 4.69) is 6.07 Å². The van der Waals surface area contributed by atoms with E-state index in [9.17, 15) is 9.18 Å². The summed E-state index contributed by atoms with van der Waals surface area (Å²) in [7, 11) is 1.62. The fourth-order valence-corrected chi connectivity index (χ4v) is 5.42. The van der Waals surface area contributed by atoms with E-state index < -0.39 is 6.17 Å². The molecule has 1 aliphatic heterocycles. The molecule has 0 aromatic carbocycles. The molecule has 29 heavy (non-hydrogen) atoms. The first kappa shape index (κ1) is 18.7. The Morgan fingerprint density at radius 1 is 1.21 bits per heavy atom. The standard InChI is InChI=1S/C24H27FN2O2/c1-13-11-21-23-17(9-10-27(21)24(28)18(13)12-29-3)16-6-4-5-15-14(2)19(25)7-8-20(26-23)22(15)16/h11,19H,4-10,12H2,1-3H3. The summed E-state index contributed by atoms with van der Waals surface area (Å²) in [5.41, 5.74) is 10.5. The summed E-state index contributed by atoms with van der Waals surface area (Å²) >= 11 is 0. The zero-order valence-electron chi connectivity index (χ0n) is 17.4. The largest absolute Gasteiger partial charge is 0.380 e. The molecule has 0 saturated heterocycles. The van der Waals surface area contributed by atoms with Gasteiger partial charge in [0.15, 0.2) is 0 Å². The van der Waals surface area contributed by atoms with Crippen LogP contribution in [0.5, 0.6) is 0 Å². The van der Waals surface area contributed by atoms with Crippen molar-refractivity contribution >= 4 is 5.57 Å². The van der Waals surface area contributed by atoms with Gasteiger partial charge in [0, 0.05) is 30.5 Å². The molecule has 0 bridgehead atoms. The van der Waals surface area contributed by atoms with E-state index in [-0.39, 0.29) is 5.56 Å². The van der Waals surface area contributed by atoms with Crippen LogP contribution < -0.4 is 5.56 Å². The maximum Gasteiger partial charge on any atom is 0.256 e. The predicted octanol–water partition coefficient (Wildman–Crippen LogP) is 4.32. The number of ether oxygens (including phenoxy) is 1. The molecule has 4 nitrogen and oxygen atoms in total. The summed E-state index contributed by atoms with van der Waals surface area (Å²) in [6.07, 6.45) is 4.10. The third kappa shape index (κ3) is 2.74. The molecule has 1 atom stereocenters. The molecule has 0 amide bonds. The minimum atomic E-state index is -0.879. The van der Waals surface area contributed by atoms with E-state index >= 15 is 0 Å². The predicted molar refractivity (Wildman–Crippen MR) is 112 cm³/mol. The highest BCUT2D eigenvalue weighted by molar-refractivity contribution is 5.79. The topological polar surface area (TPSA) is 44.1 Å². The van der Waals surface area contributed by atoms with E-state index in [0.29, 0.717) is 26.0 Å². The molecule has 0 radical (unpaired) electrons. The lowest BCUT2D eigenvalue weighted by atomic mass is 9.80. The van der Waals surface area contributed by atoms with Gasteiger partial charge in [0.25, 0.3) is 5.56 Å². The Hall–Kier alpha value is -2.27. The van der Waals surface area contributed by atoms with Gasteiger partial charge in [-0.3, -0.25) is 9.78 Å². The highest BCUT2D eigenvalue weighted by Gasteiger charge is 2.32. The van der Waals surface area contributed by atoms with Gasteiger partial charge < -0.3 is 9.30 Å². The van der Waals surface area contributed by atoms with Crippen molar-refractivity contribution in [3.63, 3.8) is 0 Å². The average Bonchev–Trinajstić information content (AvgIpc) is 2.84. The van der Waals surface area contributed by atoms with Crippen LogP contribution in [-0.2, 0) is 37.2 Å². The normalized spacial score (nSPS) is 20.1. The monoisotopic (exact) mass is 394 g/mol. The van der Waals surface area contributed by atoms with Crippen LogP contribution in [0.1, 0.15) is 59.7 Å². The molecule has 5 rings (SSSR count). The van der Waals surface area contributed by atoms with E-state index in [4.69, 9.17) is 9.72 Å². The molecule has 2 aliphatic carbocycles. The average molecular weight is 394 g/mol. The number of aromatic nitrogens is 2. The molecule has 3 aliphatic rings. The zero-order chi connectivity index (χ0) is 20.3. The second kappa shape index (κ2) is 6.91. The molecule has 152 valence electrons. The van der Waals surface area contributed by atoms with Crippen LogP contribution in [-0.4, -0.2) is 22.8 Å². The Labute approximate surface area is 170 Å². The van der Waals surface area contributed by atoms with E-state index in [1.807, 2.05) is 18.4 Å². The van der Waals surface area contributed by atoms with Gasteiger partial charge in [-0.2, -0.15) is 0 Å². The quantitative estimate of drug-likeness (QED) is 0.762. The number of halogens is 1. The number of nitrogens with zero attached hydrogens (tertiary/aromatic N) is 2. The molecular weight excluding hydrogens is 367 g/mol. The molecule has 5 heteroatoms. The van der Waals surface area contributed by atoms with Crippen molar-refractivity contribution in [1.82, 2.24) is 9.55 Å². The Morgan fingerprint density at radius 2 is 2.03 bits per heavy atom. The fourth-order valence-electron chi connectivity index (χ4n) is 5.42. The first-order valence-corrected chi connectivity index (χ1v) is 10.6. The third-order valence-corrected chi connectivity index (χ3v) is 6.96. The Bertz CT molecular complexity index is 1110. The molecule has 0 spiro atoms. The highest BCUT2D eigenvalue weighted by Crippen LogP contribution is 2.44. The molecule has 3 heterocycles. The molecule has 0 N–H and O–H groups in total. The van der Waals surface area contributed by atoms with Crippen LogP contribution in [0.2, 0.25) is 0 Å². The number of fused-ring (bicyclic) bond motifs is 4. The summed E-state index contributed by atoms with van der Waals surface area (Å²) in [5.74, 6) is 0. The highest BCUT2D eigenvalue weighted by atomic mass is 19.1. The lowest BCUT2D eigenvalue weighted by Gasteiger charge is -2.30. The molecule has 2 aromatic heterocycles. The Balaban J connectivity index is 1.77. The number of aryl methyl sites for hydroxylation is 2. The second-order valence-electron chi connectivity index (χ2n) is 8.59.